The lowest BCUT2D eigenvalue weighted by Crippen LogP contribution is -2.30. The molecule has 0 saturated carbocycles. The molecule has 23 heavy (non-hydrogen) atoms. The van der Waals surface area contributed by atoms with E-state index in [0.29, 0.717) is 0 Å². The van der Waals surface area contributed by atoms with Gasteiger partial charge in [-0.1, -0.05) is 6.07 Å². The molecule has 0 atom stereocenters. The lowest BCUT2D eigenvalue weighted by atomic mass is 10.2. The van der Waals surface area contributed by atoms with Crippen LogP contribution in [-0.2, 0) is 20.5 Å². The summed E-state index contributed by atoms with van der Waals surface area (Å²) >= 11 is 0. The molecule has 1 rings (SSSR count). The zero-order valence-electron chi connectivity index (χ0n) is 11.9. The Balaban J connectivity index is 2.36. The SMILES string of the molecule is N#CCCNC(=O)COC(=O)COc1cccc(C(F)(F)F)c1. The molecule has 0 aliphatic carbocycles. The molecule has 0 aliphatic rings. The highest BCUT2D eigenvalue weighted by Crippen LogP contribution is 2.31. The van der Waals surface area contributed by atoms with E-state index in [2.05, 4.69) is 10.1 Å². The Morgan fingerprint density at radius 1 is 1.26 bits per heavy atom. The van der Waals surface area contributed by atoms with E-state index in [1.54, 1.807) is 0 Å². The van der Waals surface area contributed by atoms with Crippen molar-refractivity contribution in [2.24, 2.45) is 0 Å². The molecule has 0 bridgehead atoms. The van der Waals surface area contributed by atoms with Gasteiger partial charge in [-0.15, -0.1) is 0 Å². The summed E-state index contributed by atoms with van der Waals surface area (Å²) in [6, 6.07) is 5.85. The van der Waals surface area contributed by atoms with Crippen molar-refractivity contribution in [3.8, 4) is 11.8 Å². The number of nitrogens with one attached hydrogen (secondary N) is 1. The molecular formula is C14H13F3N2O4. The van der Waals surface area contributed by atoms with Gasteiger partial charge in [-0.3, -0.25) is 4.79 Å². The van der Waals surface area contributed by atoms with E-state index >= 15 is 0 Å². The Bertz CT molecular complexity index is 596. The number of esters is 1. The second-order valence-electron chi connectivity index (χ2n) is 4.23. The van der Waals surface area contributed by atoms with Crippen LogP contribution in [0.2, 0.25) is 0 Å². The number of ether oxygens (including phenoxy) is 2. The Kier molecular flexibility index (Phi) is 6.86. The van der Waals surface area contributed by atoms with E-state index < -0.39 is 36.8 Å². The first-order valence-corrected chi connectivity index (χ1v) is 6.42. The zero-order valence-corrected chi connectivity index (χ0v) is 11.9. The molecule has 0 radical (unpaired) electrons. The van der Waals surface area contributed by atoms with Gasteiger partial charge in [-0.25, -0.2) is 4.79 Å². The Labute approximate surface area is 129 Å². The van der Waals surface area contributed by atoms with Gasteiger partial charge < -0.3 is 14.8 Å². The molecule has 0 saturated heterocycles. The molecule has 0 aliphatic heterocycles. The average Bonchev–Trinajstić information content (AvgIpc) is 2.50. The van der Waals surface area contributed by atoms with Gasteiger partial charge in [0.1, 0.15) is 5.75 Å². The van der Waals surface area contributed by atoms with Gasteiger partial charge in [0.25, 0.3) is 5.91 Å². The summed E-state index contributed by atoms with van der Waals surface area (Å²) in [4.78, 5) is 22.5. The number of carbonyl (C=O) groups excluding carboxylic acids is 2. The minimum Gasteiger partial charge on any atom is -0.482 e. The molecule has 0 spiro atoms. The van der Waals surface area contributed by atoms with Crippen LogP contribution >= 0.6 is 0 Å². The summed E-state index contributed by atoms with van der Waals surface area (Å²) < 4.78 is 46.9. The Morgan fingerprint density at radius 3 is 2.65 bits per heavy atom. The molecule has 124 valence electrons. The molecule has 1 aromatic carbocycles. The van der Waals surface area contributed by atoms with Crippen LogP contribution in [0.4, 0.5) is 13.2 Å². The largest absolute Gasteiger partial charge is 0.482 e. The van der Waals surface area contributed by atoms with Gasteiger partial charge >= 0.3 is 12.1 Å². The number of carbonyl (C=O) groups is 2. The van der Waals surface area contributed by atoms with Crippen LogP contribution < -0.4 is 10.1 Å². The molecule has 0 unspecified atom stereocenters. The van der Waals surface area contributed by atoms with Crippen LogP contribution in [0.5, 0.6) is 5.75 Å². The molecular weight excluding hydrogens is 317 g/mol. The molecule has 0 aromatic heterocycles. The molecule has 9 heteroatoms. The van der Waals surface area contributed by atoms with Crippen LogP contribution in [0, 0.1) is 11.3 Å². The van der Waals surface area contributed by atoms with E-state index in [1.165, 1.54) is 6.07 Å². The van der Waals surface area contributed by atoms with Crippen molar-refractivity contribution in [2.75, 3.05) is 19.8 Å². The topological polar surface area (TPSA) is 88.4 Å². The number of alkyl halides is 3. The number of rotatable bonds is 7. The molecule has 0 heterocycles. The highest BCUT2D eigenvalue weighted by Gasteiger charge is 2.30. The first-order valence-electron chi connectivity index (χ1n) is 6.42. The lowest BCUT2D eigenvalue weighted by molar-refractivity contribution is -0.150. The van der Waals surface area contributed by atoms with E-state index in [4.69, 9.17) is 10.00 Å². The van der Waals surface area contributed by atoms with Gasteiger partial charge in [0, 0.05) is 6.54 Å². The summed E-state index contributed by atoms with van der Waals surface area (Å²) in [5.74, 6) is -1.64. The summed E-state index contributed by atoms with van der Waals surface area (Å²) in [6.45, 7) is -1.06. The highest BCUT2D eigenvalue weighted by atomic mass is 19.4. The third-order valence-electron chi connectivity index (χ3n) is 2.44. The Hall–Kier alpha value is -2.76. The average molecular weight is 330 g/mol. The maximum absolute atomic E-state index is 12.5. The van der Waals surface area contributed by atoms with Crippen molar-refractivity contribution in [3.05, 3.63) is 29.8 Å². The molecule has 1 aromatic rings. The smallest absolute Gasteiger partial charge is 0.416 e. The fraction of sp³-hybridized carbons (Fsp3) is 0.357. The van der Waals surface area contributed by atoms with Gasteiger partial charge in [-0.2, -0.15) is 18.4 Å². The third kappa shape index (κ3) is 7.17. The fourth-order valence-corrected chi connectivity index (χ4v) is 1.40. The van der Waals surface area contributed by atoms with Crippen molar-refractivity contribution in [2.45, 2.75) is 12.6 Å². The molecule has 6 nitrogen and oxygen atoms in total. The van der Waals surface area contributed by atoms with Crippen LogP contribution in [0.3, 0.4) is 0 Å². The molecule has 1 N–H and O–H groups in total. The lowest BCUT2D eigenvalue weighted by Gasteiger charge is -2.10. The van der Waals surface area contributed by atoms with E-state index in [9.17, 15) is 22.8 Å². The first kappa shape index (κ1) is 18.3. The maximum Gasteiger partial charge on any atom is 0.416 e. The highest BCUT2D eigenvalue weighted by molar-refractivity contribution is 5.80. The third-order valence-corrected chi connectivity index (χ3v) is 2.44. The predicted molar refractivity (Wildman–Crippen MR) is 71.1 cm³/mol. The minimum absolute atomic E-state index is 0.123. The molecule has 0 fully saturated rings. The number of nitriles is 1. The quantitative estimate of drug-likeness (QED) is 0.607. The monoisotopic (exact) mass is 330 g/mol. The van der Waals surface area contributed by atoms with Crippen LogP contribution in [-0.4, -0.2) is 31.6 Å². The zero-order chi connectivity index (χ0) is 17.3. The van der Waals surface area contributed by atoms with Gasteiger partial charge in [0.2, 0.25) is 0 Å². The van der Waals surface area contributed by atoms with Crippen LogP contribution in [0.1, 0.15) is 12.0 Å². The van der Waals surface area contributed by atoms with Crippen molar-refractivity contribution in [1.29, 1.82) is 5.26 Å². The number of nitrogens with zero attached hydrogens (tertiary/aromatic N) is 1. The van der Waals surface area contributed by atoms with Crippen LogP contribution in [0.15, 0.2) is 24.3 Å². The van der Waals surface area contributed by atoms with E-state index in [0.717, 1.165) is 18.2 Å². The second kappa shape index (κ2) is 8.63. The normalized spacial score (nSPS) is 10.5. The van der Waals surface area contributed by atoms with Gasteiger partial charge in [0.05, 0.1) is 18.1 Å². The number of hydrogen-bond donors (Lipinski definition) is 1. The summed E-state index contributed by atoms with van der Waals surface area (Å²) in [6.07, 6.45) is -4.39. The summed E-state index contributed by atoms with van der Waals surface area (Å²) in [5, 5.41) is 10.6. The first-order chi connectivity index (χ1) is 10.8. The fourth-order valence-electron chi connectivity index (χ4n) is 1.40. The number of benzene rings is 1. The van der Waals surface area contributed by atoms with E-state index in [1.807, 2.05) is 6.07 Å². The Morgan fingerprint density at radius 2 is 2.00 bits per heavy atom. The van der Waals surface area contributed by atoms with Gasteiger partial charge in [0.15, 0.2) is 13.2 Å². The van der Waals surface area contributed by atoms with Crippen molar-refractivity contribution in [3.63, 3.8) is 0 Å². The summed E-state index contributed by atoms with van der Waals surface area (Å²) in [7, 11) is 0. The van der Waals surface area contributed by atoms with Gasteiger partial charge in [-0.05, 0) is 18.2 Å². The molecule has 1 amide bonds. The van der Waals surface area contributed by atoms with Crippen molar-refractivity contribution in [1.82, 2.24) is 5.32 Å². The standard InChI is InChI=1S/C14H13F3N2O4/c15-14(16,17)10-3-1-4-11(7-10)22-9-13(21)23-8-12(20)19-6-2-5-18/h1,3-4,7H,2,6,8-9H2,(H,19,20). The van der Waals surface area contributed by atoms with Crippen molar-refractivity contribution < 1.29 is 32.2 Å². The minimum atomic E-state index is -4.51. The predicted octanol–water partition coefficient (Wildman–Crippen LogP) is 1.66. The maximum atomic E-state index is 12.5. The number of halogens is 3. The number of amides is 1. The summed E-state index contributed by atoms with van der Waals surface area (Å²) in [5.41, 5.74) is -0.903. The number of hydrogen-bond acceptors (Lipinski definition) is 5. The van der Waals surface area contributed by atoms with Crippen LogP contribution in [0.25, 0.3) is 0 Å². The second-order valence-corrected chi connectivity index (χ2v) is 4.23. The van der Waals surface area contributed by atoms with E-state index in [-0.39, 0.29) is 18.7 Å². The van der Waals surface area contributed by atoms with Crippen molar-refractivity contribution >= 4 is 11.9 Å².